The van der Waals surface area contributed by atoms with E-state index in [4.69, 9.17) is 14.6 Å². The van der Waals surface area contributed by atoms with Gasteiger partial charge >= 0.3 is 0 Å². The van der Waals surface area contributed by atoms with Crippen molar-refractivity contribution in [3.8, 4) is 28.6 Å². The number of benzene rings is 2. The highest BCUT2D eigenvalue weighted by Gasteiger charge is 2.21. The van der Waals surface area contributed by atoms with E-state index in [1.165, 1.54) is 0 Å². The lowest BCUT2D eigenvalue weighted by atomic mass is 10.1. The number of amides is 1. The molecule has 1 N–H and O–H groups in total. The zero-order chi connectivity index (χ0) is 22.3. The van der Waals surface area contributed by atoms with Gasteiger partial charge in [0.25, 0.3) is 5.91 Å². The number of carbonyl (C=O) groups excluding carboxylic acids is 1. The molecule has 4 rings (SSSR count). The molecule has 0 bridgehead atoms. The molecular formula is C25H24N4O3. The van der Waals surface area contributed by atoms with E-state index in [9.17, 15) is 4.79 Å². The Balaban J connectivity index is 1.69. The minimum absolute atomic E-state index is 0.251. The molecule has 0 unspecified atom stereocenters. The first-order valence-corrected chi connectivity index (χ1v) is 10.3. The second-order valence-electron chi connectivity index (χ2n) is 6.96. The number of ether oxygens (including phenoxy) is 2. The molecule has 7 heteroatoms. The van der Waals surface area contributed by atoms with E-state index in [0.717, 1.165) is 16.8 Å². The number of methoxy groups -OCH3 is 1. The van der Waals surface area contributed by atoms with Gasteiger partial charge in [0.1, 0.15) is 11.4 Å². The van der Waals surface area contributed by atoms with Crippen molar-refractivity contribution in [3.63, 3.8) is 0 Å². The smallest absolute Gasteiger partial charge is 0.255 e. The molecule has 0 radical (unpaired) electrons. The largest absolute Gasteiger partial charge is 0.496 e. The van der Waals surface area contributed by atoms with Crippen LogP contribution in [0, 0.1) is 0 Å². The van der Waals surface area contributed by atoms with E-state index in [-0.39, 0.29) is 12.5 Å². The maximum absolute atomic E-state index is 13.3. The maximum atomic E-state index is 13.3. The van der Waals surface area contributed by atoms with E-state index in [0.29, 0.717) is 29.5 Å². The van der Waals surface area contributed by atoms with Crippen LogP contribution in [0.15, 0.2) is 79.1 Å². The molecule has 0 atom stereocenters. The number of rotatable bonds is 8. The number of hydrogen-bond acceptors (Lipinski definition) is 5. The Morgan fingerprint density at radius 2 is 1.81 bits per heavy atom. The van der Waals surface area contributed by atoms with Gasteiger partial charge < -0.3 is 14.8 Å². The molecule has 162 valence electrons. The molecule has 0 fully saturated rings. The van der Waals surface area contributed by atoms with Crippen molar-refractivity contribution in [1.29, 1.82) is 0 Å². The summed E-state index contributed by atoms with van der Waals surface area (Å²) in [6.45, 7) is 2.68. The minimum Gasteiger partial charge on any atom is -0.496 e. The molecule has 2 heterocycles. The van der Waals surface area contributed by atoms with Gasteiger partial charge in [0, 0.05) is 30.1 Å². The summed E-state index contributed by atoms with van der Waals surface area (Å²) in [4.78, 5) is 17.5. The van der Waals surface area contributed by atoms with E-state index >= 15 is 0 Å². The topological polar surface area (TPSA) is 78.3 Å². The van der Waals surface area contributed by atoms with Crippen LogP contribution >= 0.6 is 0 Å². The molecule has 2 aromatic heterocycles. The summed E-state index contributed by atoms with van der Waals surface area (Å²) < 4.78 is 12.8. The Kier molecular flexibility index (Phi) is 6.46. The standard InChI is InChI=1S/C25H24N4O3/c1-3-32-25-18(10-9-15-26-25)16-27-24(30)21-17-29(19-11-5-4-6-12-19)28-23(21)20-13-7-8-14-22(20)31-2/h4-15,17H,3,16H2,1-2H3,(H,27,30). The van der Waals surface area contributed by atoms with Gasteiger partial charge in [0.15, 0.2) is 0 Å². The van der Waals surface area contributed by atoms with Gasteiger partial charge in [-0.15, -0.1) is 0 Å². The molecule has 1 amide bonds. The van der Waals surface area contributed by atoms with Crippen LogP contribution in [0.4, 0.5) is 0 Å². The van der Waals surface area contributed by atoms with Gasteiger partial charge in [-0.05, 0) is 37.3 Å². The molecule has 0 saturated heterocycles. The third-order valence-electron chi connectivity index (χ3n) is 4.91. The Labute approximate surface area is 186 Å². The predicted molar refractivity (Wildman–Crippen MR) is 122 cm³/mol. The van der Waals surface area contributed by atoms with Crippen LogP contribution in [0.2, 0.25) is 0 Å². The van der Waals surface area contributed by atoms with E-state index in [2.05, 4.69) is 10.3 Å². The predicted octanol–water partition coefficient (Wildman–Crippen LogP) is 4.27. The molecule has 0 aliphatic heterocycles. The van der Waals surface area contributed by atoms with Crippen LogP contribution in [0.25, 0.3) is 16.9 Å². The number of para-hydroxylation sites is 2. The Morgan fingerprint density at radius 3 is 2.59 bits per heavy atom. The van der Waals surface area contributed by atoms with Crippen molar-refractivity contribution in [2.45, 2.75) is 13.5 Å². The van der Waals surface area contributed by atoms with Gasteiger partial charge in [-0.2, -0.15) is 5.10 Å². The van der Waals surface area contributed by atoms with Crippen molar-refractivity contribution < 1.29 is 14.3 Å². The molecule has 0 aliphatic carbocycles. The van der Waals surface area contributed by atoms with Crippen molar-refractivity contribution in [1.82, 2.24) is 20.1 Å². The van der Waals surface area contributed by atoms with Gasteiger partial charge in [-0.25, -0.2) is 9.67 Å². The van der Waals surface area contributed by atoms with E-state index in [1.807, 2.05) is 73.7 Å². The summed E-state index contributed by atoms with van der Waals surface area (Å²) >= 11 is 0. The Bertz CT molecular complexity index is 1200. The monoisotopic (exact) mass is 428 g/mol. The number of hydrogen-bond donors (Lipinski definition) is 1. The van der Waals surface area contributed by atoms with Crippen LogP contribution in [0.1, 0.15) is 22.8 Å². The Hall–Kier alpha value is -4.13. The normalized spacial score (nSPS) is 10.6. The summed E-state index contributed by atoms with van der Waals surface area (Å²) in [5.41, 5.74) is 3.39. The highest BCUT2D eigenvalue weighted by molar-refractivity contribution is 6.00. The summed E-state index contributed by atoms with van der Waals surface area (Å²) in [5, 5.41) is 7.69. The third-order valence-corrected chi connectivity index (χ3v) is 4.91. The lowest BCUT2D eigenvalue weighted by molar-refractivity contribution is 0.0951. The van der Waals surface area contributed by atoms with Crippen LogP contribution in [-0.4, -0.2) is 34.4 Å². The molecule has 0 saturated carbocycles. The summed E-state index contributed by atoms with van der Waals surface area (Å²) in [6, 6.07) is 20.9. The fraction of sp³-hybridized carbons (Fsp3) is 0.160. The van der Waals surface area contributed by atoms with E-state index < -0.39 is 0 Å². The first-order valence-electron chi connectivity index (χ1n) is 10.3. The van der Waals surface area contributed by atoms with Crippen LogP contribution in [-0.2, 0) is 6.54 Å². The minimum atomic E-state index is -0.251. The zero-order valence-electron chi connectivity index (χ0n) is 18.0. The molecule has 7 nitrogen and oxygen atoms in total. The molecule has 0 aliphatic rings. The zero-order valence-corrected chi connectivity index (χ0v) is 18.0. The summed E-state index contributed by atoms with van der Waals surface area (Å²) in [7, 11) is 1.60. The van der Waals surface area contributed by atoms with Crippen molar-refractivity contribution in [2.24, 2.45) is 0 Å². The van der Waals surface area contributed by atoms with Crippen LogP contribution in [0.5, 0.6) is 11.6 Å². The van der Waals surface area contributed by atoms with Crippen molar-refractivity contribution in [2.75, 3.05) is 13.7 Å². The third kappa shape index (κ3) is 4.46. The number of pyridine rings is 1. The second-order valence-corrected chi connectivity index (χ2v) is 6.96. The number of nitrogens with one attached hydrogen (secondary N) is 1. The van der Waals surface area contributed by atoms with E-state index in [1.54, 1.807) is 24.2 Å². The average molecular weight is 428 g/mol. The first-order chi connectivity index (χ1) is 15.7. The average Bonchev–Trinajstić information content (AvgIpc) is 3.29. The van der Waals surface area contributed by atoms with Crippen LogP contribution < -0.4 is 14.8 Å². The van der Waals surface area contributed by atoms with Gasteiger partial charge in [-0.3, -0.25) is 4.79 Å². The van der Waals surface area contributed by atoms with Gasteiger partial charge in [-0.1, -0.05) is 36.4 Å². The fourth-order valence-electron chi connectivity index (χ4n) is 3.39. The molecular weight excluding hydrogens is 404 g/mol. The highest BCUT2D eigenvalue weighted by Crippen LogP contribution is 2.31. The number of aromatic nitrogens is 3. The summed E-state index contributed by atoms with van der Waals surface area (Å²) in [6.07, 6.45) is 3.40. The summed E-state index contributed by atoms with van der Waals surface area (Å²) in [5.74, 6) is 0.908. The SMILES string of the molecule is CCOc1ncccc1CNC(=O)c1cn(-c2ccccc2)nc1-c1ccccc1OC. The lowest BCUT2D eigenvalue weighted by Crippen LogP contribution is -2.23. The number of carbonyl (C=O) groups is 1. The quantitative estimate of drug-likeness (QED) is 0.453. The Morgan fingerprint density at radius 1 is 1.03 bits per heavy atom. The van der Waals surface area contributed by atoms with Crippen molar-refractivity contribution in [3.05, 3.63) is 90.3 Å². The second kappa shape index (κ2) is 9.78. The van der Waals surface area contributed by atoms with Gasteiger partial charge in [0.05, 0.1) is 25.0 Å². The highest BCUT2D eigenvalue weighted by atomic mass is 16.5. The number of nitrogens with zero attached hydrogens (tertiary/aromatic N) is 3. The first kappa shape index (κ1) is 21.1. The molecule has 32 heavy (non-hydrogen) atoms. The van der Waals surface area contributed by atoms with Crippen LogP contribution in [0.3, 0.4) is 0 Å². The van der Waals surface area contributed by atoms with Crippen molar-refractivity contribution >= 4 is 5.91 Å². The fourth-order valence-corrected chi connectivity index (χ4v) is 3.39. The molecule has 2 aromatic carbocycles. The van der Waals surface area contributed by atoms with Gasteiger partial charge in [0.2, 0.25) is 5.88 Å². The lowest BCUT2D eigenvalue weighted by Gasteiger charge is -2.10. The maximum Gasteiger partial charge on any atom is 0.255 e. The molecule has 4 aromatic rings. The molecule has 0 spiro atoms.